The molecule has 106 valence electrons. The van der Waals surface area contributed by atoms with E-state index in [0.717, 1.165) is 31.6 Å². The van der Waals surface area contributed by atoms with Gasteiger partial charge < -0.3 is 15.7 Å². The van der Waals surface area contributed by atoms with Gasteiger partial charge in [-0.15, -0.1) is 0 Å². The number of aliphatic hydroxyl groups is 1. The summed E-state index contributed by atoms with van der Waals surface area (Å²) in [7, 11) is -3.75. The number of rotatable bonds is 4. The molecule has 1 aliphatic heterocycles. The quantitative estimate of drug-likeness (QED) is 0.681. The average molecular weight is 285 g/mol. The lowest BCUT2D eigenvalue weighted by Crippen LogP contribution is -2.21. The number of nitrogen functional groups attached to an aromatic ring is 1. The van der Waals surface area contributed by atoms with Crippen molar-refractivity contribution in [3.8, 4) is 0 Å². The molecule has 1 aromatic rings. The van der Waals surface area contributed by atoms with Crippen LogP contribution in [0.4, 0.5) is 11.4 Å². The van der Waals surface area contributed by atoms with Crippen molar-refractivity contribution < 1.29 is 13.5 Å². The Morgan fingerprint density at radius 2 is 2.11 bits per heavy atom. The van der Waals surface area contributed by atoms with Crippen LogP contribution in [0.25, 0.3) is 0 Å². The minimum absolute atomic E-state index is 0.0353. The van der Waals surface area contributed by atoms with Gasteiger partial charge in [0.25, 0.3) is 0 Å². The number of benzene rings is 1. The fraction of sp³-hybridized carbons (Fsp3) is 0.500. The minimum Gasteiger partial charge on any atom is -0.399 e. The Morgan fingerprint density at radius 1 is 1.37 bits per heavy atom. The molecule has 1 fully saturated rings. The molecular formula is C12H19N3O3S. The molecular weight excluding hydrogens is 266 g/mol. The third-order valence-electron chi connectivity index (χ3n) is 3.43. The molecule has 1 unspecified atom stereocenters. The fourth-order valence-corrected chi connectivity index (χ4v) is 3.02. The van der Waals surface area contributed by atoms with Crippen LogP contribution in [0.5, 0.6) is 0 Å². The lowest BCUT2D eigenvalue weighted by atomic mass is 10.1. The monoisotopic (exact) mass is 285 g/mol. The smallest absolute Gasteiger partial charge is 0.238 e. The standard InChI is InChI=1S/C12H19N3O3S/c13-10-5-11(7-12(6-10)19(14,17)18)15-3-1-9(8-15)2-4-16/h5-7,9,16H,1-4,8,13H2,(H2,14,17,18). The van der Waals surface area contributed by atoms with Gasteiger partial charge in [-0.2, -0.15) is 0 Å². The van der Waals surface area contributed by atoms with Gasteiger partial charge in [-0.05, 0) is 37.0 Å². The molecule has 0 bridgehead atoms. The predicted molar refractivity (Wildman–Crippen MR) is 74.3 cm³/mol. The van der Waals surface area contributed by atoms with Crippen LogP contribution in [0, 0.1) is 5.92 Å². The Labute approximate surface area is 113 Å². The van der Waals surface area contributed by atoms with Gasteiger partial charge >= 0.3 is 0 Å². The minimum atomic E-state index is -3.75. The van der Waals surface area contributed by atoms with Gasteiger partial charge in [0.05, 0.1) is 4.90 Å². The molecule has 1 heterocycles. The van der Waals surface area contributed by atoms with Crippen molar-refractivity contribution in [2.24, 2.45) is 11.1 Å². The van der Waals surface area contributed by atoms with E-state index in [1.54, 1.807) is 12.1 Å². The van der Waals surface area contributed by atoms with Crippen LogP contribution in [0.1, 0.15) is 12.8 Å². The van der Waals surface area contributed by atoms with E-state index in [4.69, 9.17) is 16.0 Å². The zero-order valence-electron chi connectivity index (χ0n) is 10.6. The maximum atomic E-state index is 11.4. The first-order chi connectivity index (χ1) is 8.90. The summed E-state index contributed by atoms with van der Waals surface area (Å²) in [6.07, 6.45) is 1.75. The maximum absolute atomic E-state index is 11.4. The molecule has 1 atom stereocenters. The molecule has 1 aromatic carbocycles. The number of nitrogens with zero attached hydrogens (tertiary/aromatic N) is 1. The molecule has 0 radical (unpaired) electrons. The molecule has 0 aromatic heterocycles. The highest BCUT2D eigenvalue weighted by molar-refractivity contribution is 7.89. The van der Waals surface area contributed by atoms with Crippen LogP contribution in [-0.2, 0) is 10.0 Å². The maximum Gasteiger partial charge on any atom is 0.238 e. The van der Waals surface area contributed by atoms with Gasteiger partial charge in [0.1, 0.15) is 0 Å². The molecule has 1 aliphatic rings. The van der Waals surface area contributed by atoms with Gasteiger partial charge in [-0.3, -0.25) is 0 Å². The number of primary sulfonamides is 1. The van der Waals surface area contributed by atoms with Crippen LogP contribution in [0.3, 0.4) is 0 Å². The highest BCUT2D eigenvalue weighted by Crippen LogP contribution is 2.29. The van der Waals surface area contributed by atoms with Crippen molar-refractivity contribution >= 4 is 21.4 Å². The van der Waals surface area contributed by atoms with Gasteiger partial charge in [0.2, 0.25) is 10.0 Å². The van der Waals surface area contributed by atoms with E-state index >= 15 is 0 Å². The number of hydrogen-bond acceptors (Lipinski definition) is 5. The van der Waals surface area contributed by atoms with E-state index in [0.29, 0.717) is 11.6 Å². The Hall–Kier alpha value is -1.31. The molecule has 0 spiro atoms. The van der Waals surface area contributed by atoms with Crippen LogP contribution in [0.15, 0.2) is 23.1 Å². The van der Waals surface area contributed by atoms with E-state index in [1.807, 2.05) is 0 Å². The first-order valence-corrected chi connectivity index (χ1v) is 7.74. The summed E-state index contributed by atoms with van der Waals surface area (Å²) in [4.78, 5) is 2.11. The third-order valence-corrected chi connectivity index (χ3v) is 4.32. The van der Waals surface area contributed by atoms with E-state index in [-0.39, 0.29) is 11.5 Å². The summed E-state index contributed by atoms with van der Waals surface area (Å²) >= 11 is 0. The molecule has 6 nitrogen and oxygen atoms in total. The molecule has 1 saturated heterocycles. The van der Waals surface area contributed by atoms with E-state index in [2.05, 4.69) is 4.90 Å². The van der Waals surface area contributed by atoms with E-state index < -0.39 is 10.0 Å². The first-order valence-electron chi connectivity index (χ1n) is 6.19. The van der Waals surface area contributed by atoms with E-state index in [1.165, 1.54) is 6.07 Å². The highest BCUT2D eigenvalue weighted by atomic mass is 32.2. The van der Waals surface area contributed by atoms with Crippen molar-refractivity contribution in [2.75, 3.05) is 30.3 Å². The zero-order valence-corrected chi connectivity index (χ0v) is 11.4. The second-order valence-electron chi connectivity index (χ2n) is 4.92. The molecule has 0 saturated carbocycles. The summed E-state index contributed by atoms with van der Waals surface area (Å²) in [5, 5.41) is 14.1. The van der Waals surface area contributed by atoms with Crippen molar-refractivity contribution in [3.63, 3.8) is 0 Å². The van der Waals surface area contributed by atoms with Gasteiger partial charge in [0, 0.05) is 31.1 Å². The van der Waals surface area contributed by atoms with Crippen molar-refractivity contribution in [1.82, 2.24) is 0 Å². The second-order valence-corrected chi connectivity index (χ2v) is 6.48. The van der Waals surface area contributed by atoms with Crippen LogP contribution >= 0.6 is 0 Å². The molecule has 2 rings (SSSR count). The predicted octanol–water partition coefficient (Wildman–Crippen LogP) is 0.125. The van der Waals surface area contributed by atoms with Crippen LogP contribution < -0.4 is 15.8 Å². The van der Waals surface area contributed by atoms with Crippen LogP contribution in [0.2, 0.25) is 0 Å². The van der Waals surface area contributed by atoms with Gasteiger partial charge in [0.15, 0.2) is 0 Å². The number of sulfonamides is 1. The zero-order chi connectivity index (χ0) is 14.0. The van der Waals surface area contributed by atoms with E-state index in [9.17, 15) is 8.42 Å². The number of hydrogen-bond donors (Lipinski definition) is 3. The summed E-state index contributed by atoms with van der Waals surface area (Å²) in [6.45, 7) is 1.81. The normalized spacial score (nSPS) is 19.9. The number of anilines is 2. The Bertz CT molecular complexity index is 559. The third kappa shape index (κ3) is 3.37. The van der Waals surface area contributed by atoms with Crippen LogP contribution in [-0.4, -0.2) is 33.2 Å². The lowest BCUT2D eigenvalue weighted by Gasteiger charge is -2.20. The molecule has 7 heteroatoms. The molecule has 0 amide bonds. The molecule has 5 N–H and O–H groups in total. The topological polar surface area (TPSA) is 110 Å². The first kappa shape index (κ1) is 14.1. The lowest BCUT2D eigenvalue weighted by molar-refractivity contribution is 0.263. The Balaban J connectivity index is 2.24. The van der Waals surface area contributed by atoms with Crippen molar-refractivity contribution in [3.05, 3.63) is 18.2 Å². The van der Waals surface area contributed by atoms with Gasteiger partial charge in [-0.1, -0.05) is 0 Å². The molecule has 19 heavy (non-hydrogen) atoms. The van der Waals surface area contributed by atoms with Gasteiger partial charge in [-0.25, -0.2) is 13.6 Å². The fourth-order valence-electron chi connectivity index (χ4n) is 2.44. The summed E-state index contributed by atoms with van der Waals surface area (Å²) in [5.41, 5.74) is 6.88. The average Bonchev–Trinajstić information content (AvgIpc) is 2.76. The Kier molecular flexibility index (Phi) is 3.98. The highest BCUT2D eigenvalue weighted by Gasteiger charge is 2.23. The largest absolute Gasteiger partial charge is 0.399 e. The summed E-state index contributed by atoms with van der Waals surface area (Å²) in [5.74, 6) is 0.435. The molecule has 0 aliphatic carbocycles. The summed E-state index contributed by atoms with van der Waals surface area (Å²) < 4.78 is 22.8. The number of aliphatic hydroxyl groups excluding tert-OH is 1. The van der Waals surface area contributed by atoms with Crippen molar-refractivity contribution in [2.45, 2.75) is 17.7 Å². The van der Waals surface area contributed by atoms with Crippen molar-refractivity contribution in [1.29, 1.82) is 0 Å². The second kappa shape index (κ2) is 5.36. The summed E-state index contributed by atoms with van der Waals surface area (Å²) in [6, 6.07) is 4.66. The SMILES string of the molecule is Nc1cc(N2CCC(CCO)C2)cc(S(N)(=O)=O)c1. The Morgan fingerprint density at radius 3 is 2.74 bits per heavy atom. The number of nitrogens with two attached hydrogens (primary N) is 2.